The van der Waals surface area contributed by atoms with Gasteiger partial charge >= 0.3 is 5.97 Å². The third-order valence-electron chi connectivity index (χ3n) is 7.04. The van der Waals surface area contributed by atoms with E-state index in [0.717, 1.165) is 5.56 Å². The highest BCUT2D eigenvalue weighted by Crippen LogP contribution is 2.29. The van der Waals surface area contributed by atoms with Crippen LogP contribution >= 0.6 is 0 Å². The molecular formula is C28H35N7O6. The summed E-state index contributed by atoms with van der Waals surface area (Å²) in [7, 11) is 1.96. The molecule has 0 radical (unpaired) electrons. The third-order valence-corrected chi connectivity index (χ3v) is 7.04. The van der Waals surface area contributed by atoms with E-state index in [1.165, 1.54) is 11.0 Å². The van der Waals surface area contributed by atoms with Crippen LogP contribution in [-0.2, 0) is 29.1 Å². The Morgan fingerprint density at radius 3 is 2.63 bits per heavy atom. The van der Waals surface area contributed by atoms with Gasteiger partial charge in [-0.3, -0.25) is 14.5 Å². The molecule has 218 valence electrons. The summed E-state index contributed by atoms with van der Waals surface area (Å²) in [5, 5.41) is 32.6. The van der Waals surface area contributed by atoms with Crippen LogP contribution in [0.25, 0.3) is 0 Å². The van der Waals surface area contributed by atoms with Crippen molar-refractivity contribution >= 4 is 23.5 Å². The van der Waals surface area contributed by atoms with Gasteiger partial charge in [-0.05, 0) is 60.3 Å². The minimum absolute atomic E-state index is 0.0432. The number of ether oxygens (including phenoxy) is 1. The molecule has 13 nitrogen and oxygen atoms in total. The van der Waals surface area contributed by atoms with E-state index in [9.17, 15) is 19.5 Å². The summed E-state index contributed by atoms with van der Waals surface area (Å²) in [6.45, 7) is 5.09. The van der Waals surface area contributed by atoms with Crippen molar-refractivity contribution in [3.63, 3.8) is 0 Å². The number of aliphatic hydroxyl groups is 1. The van der Waals surface area contributed by atoms with E-state index in [0.29, 0.717) is 36.6 Å². The molecule has 2 amide bonds. The van der Waals surface area contributed by atoms with Crippen molar-refractivity contribution in [2.75, 3.05) is 32.1 Å². The number of hydrogen-bond donors (Lipinski definition) is 3. The largest absolute Gasteiger partial charge is 0.488 e. The van der Waals surface area contributed by atoms with E-state index in [1.54, 1.807) is 47.4 Å². The number of carboxylic acids is 1. The number of carbonyl (C=O) groups is 3. The number of carbonyl (C=O) groups excluding carboxylic acids is 2. The highest BCUT2D eigenvalue weighted by atomic mass is 16.5. The SMILES string of the molecule is C[C@H]1CN([C@@H](C)CO)C(=O)Cc2cc(NC(=O)Cn3cnnn3)ccc2O[C@H]1CN(C)Cc1ccc(C(=O)O)cc1. The standard InChI is InChI=1S/C28H35N7O6/c1-18-12-35(19(2)16-36)27(38)11-22-10-23(30-26(37)15-34-17-29-31-32-34)8-9-24(22)41-25(18)14-33(3)13-20-4-6-21(7-5-20)28(39)40/h4-10,17-19,25,36H,11-16H2,1-3H3,(H,30,37)(H,39,40)/t18-,19-,25-/m0/s1. The number of aliphatic hydroxyl groups excluding tert-OH is 1. The average molecular weight is 566 g/mol. The number of likely N-dealkylation sites (N-methyl/N-ethyl adjacent to an activating group) is 1. The van der Waals surface area contributed by atoms with E-state index in [1.807, 2.05) is 20.9 Å². The molecule has 0 saturated carbocycles. The van der Waals surface area contributed by atoms with Crippen LogP contribution in [0.5, 0.6) is 5.75 Å². The van der Waals surface area contributed by atoms with E-state index >= 15 is 0 Å². The second-order valence-electron chi connectivity index (χ2n) is 10.5. The molecule has 3 aromatic rings. The molecule has 0 fully saturated rings. The topological polar surface area (TPSA) is 163 Å². The van der Waals surface area contributed by atoms with Gasteiger partial charge in [-0.2, -0.15) is 0 Å². The van der Waals surface area contributed by atoms with E-state index in [-0.39, 0.29) is 55.0 Å². The van der Waals surface area contributed by atoms with Crippen LogP contribution in [0.15, 0.2) is 48.8 Å². The predicted molar refractivity (Wildman–Crippen MR) is 148 cm³/mol. The zero-order valence-corrected chi connectivity index (χ0v) is 23.3. The molecule has 4 rings (SSSR count). The molecule has 0 spiro atoms. The van der Waals surface area contributed by atoms with Gasteiger partial charge in [0.25, 0.3) is 0 Å². The molecule has 41 heavy (non-hydrogen) atoms. The number of rotatable bonds is 10. The summed E-state index contributed by atoms with van der Waals surface area (Å²) in [5.41, 5.74) is 2.32. The molecule has 0 bridgehead atoms. The number of nitrogens with one attached hydrogen (secondary N) is 1. The highest BCUT2D eigenvalue weighted by Gasteiger charge is 2.31. The van der Waals surface area contributed by atoms with Gasteiger partial charge in [0.05, 0.1) is 24.6 Å². The summed E-state index contributed by atoms with van der Waals surface area (Å²) in [6, 6.07) is 11.6. The van der Waals surface area contributed by atoms with Crippen molar-refractivity contribution in [1.29, 1.82) is 0 Å². The van der Waals surface area contributed by atoms with Crippen LogP contribution in [0.1, 0.15) is 35.3 Å². The van der Waals surface area contributed by atoms with Crippen LogP contribution in [-0.4, -0.2) is 96.9 Å². The zero-order valence-electron chi connectivity index (χ0n) is 23.3. The second kappa shape index (κ2) is 13.3. The van der Waals surface area contributed by atoms with Crippen molar-refractivity contribution in [3.05, 3.63) is 65.5 Å². The van der Waals surface area contributed by atoms with Crippen molar-refractivity contribution < 1.29 is 29.3 Å². The van der Waals surface area contributed by atoms with Gasteiger partial charge in [-0.25, -0.2) is 9.48 Å². The van der Waals surface area contributed by atoms with Gasteiger partial charge in [-0.1, -0.05) is 19.1 Å². The van der Waals surface area contributed by atoms with Crippen LogP contribution in [0, 0.1) is 5.92 Å². The molecule has 1 aliphatic heterocycles. The van der Waals surface area contributed by atoms with Crippen molar-refractivity contribution in [2.24, 2.45) is 5.92 Å². The second-order valence-corrected chi connectivity index (χ2v) is 10.5. The molecule has 3 atom stereocenters. The van der Waals surface area contributed by atoms with Crippen LogP contribution in [0.3, 0.4) is 0 Å². The van der Waals surface area contributed by atoms with Crippen molar-refractivity contribution in [2.45, 2.75) is 45.5 Å². The minimum atomic E-state index is -0.970. The lowest BCUT2D eigenvalue weighted by Crippen LogP contribution is -2.47. The van der Waals surface area contributed by atoms with Crippen LogP contribution in [0.2, 0.25) is 0 Å². The smallest absolute Gasteiger partial charge is 0.335 e. The summed E-state index contributed by atoms with van der Waals surface area (Å²) in [5.74, 6) is -0.971. The number of carboxylic acid groups (broad SMARTS) is 1. The fourth-order valence-electron chi connectivity index (χ4n) is 4.76. The Labute approximate surface area is 237 Å². The van der Waals surface area contributed by atoms with Crippen molar-refractivity contribution in [3.8, 4) is 5.75 Å². The molecule has 1 aromatic heterocycles. The average Bonchev–Trinajstić information content (AvgIpc) is 3.45. The number of nitrogens with zero attached hydrogens (tertiary/aromatic N) is 6. The number of fused-ring (bicyclic) bond motifs is 1. The summed E-state index contributed by atoms with van der Waals surface area (Å²) in [4.78, 5) is 40.9. The molecule has 3 N–H and O–H groups in total. The summed E-state index contributed by atoms with van der Waals surface area (Å²) in [6.07, 6.45) is 1.08. The van der Waals surface area contributed by atoms with Crippen LogP contribution < -0.4 is 10.1 Å². The molecule has 2 heterocycles. The fourth-order valence-corrected chi connectivity index (χ4v) is 4.76. The lowest BCUT2D eigenvalue weighted by Gasteiger charge is -2.34. The van der Waals surface area contributed by atoms with Gasteiger partial charge in [0.1, 0.15) is 24.7 Å². The lowest BCUT2D eigenvalue weighted by atomic mass is 10.0. The first-order valence-corrected chi connectivity index (χ1v) is 13.3. The summed E-state index contributed by atoms with van der Waals surface area (Å²) < 4.78 is 7.84. The zero-order chi connectivity index (χ0) is 29.5. The number of anilines is 1. The minimum Gasteiger partial charge on any atom is -0.488 e. The number of amides is 2. The van der Waals surface area contributed by atoms with Gasteiger partial charge in [-0.15, -0.1) is 5.10 Å². The number of tetrazole rings is 1. The maximum absolute atomic E-state index is 13.4. The molecule has 0 aliphatic carbocycles. The first-order chi connectivity index (χ1) is 19.6. The quantitative estimate of drug-likeness (QED) is 0.326. The molecule has 1 aliphatic rings. The number of benzene rings is 2. The van der Waals surface area contributed by atoms with Gasteiger partial charge in [0, 0.05) is 36.8 Å². The Hall–Kier alpha value is -4.36. The van der Waals surface area contributed by atoms with Gasteiger partial charge in [0.15, 0.2) is 0 Å². The number of hydrogen-bond acceptors (Lipinski definition) is 9. The third kappa shape index (κ3) is 7.86. The summed E-state index contributed by atoms with van der Waals surface area (Å²) >= 11 is 0. The predicted octanol–water partition coefficient (Wildman–Crippen LogP) is 1.29. The molecule has 0 unspecified atom stereocenters. The van der Waals surface area contributed by atoms with Gasteiger partial charge < -0.3 is 25.2 Å². The molecular weight excluding hydrogens is 530 g/mol. The Balaban J connectivity index is 1.55. The molecule has 0 saturated heterocycles. The monoisotopic (exact) mass is 565 g/mol. The molecule has 2 aromatic carbocycles. The maximum Gasteiger partial charge on any atom is 0.335 e. The number of aromatic nitrogens is 4. The molecule has 13 heteroatoms. The normalized spacial score (nSPS) is 18.1. The fraction of sp³-hybridized carbons (Fsp3) is 0.429. The maximum atomic E-state index is 13.4. The first-order valence-electron chi connectivity index (χ1n) is 13.3. The van der Waals surface area contributed by atoms with E-state index < -0.39 is 5.97 Å². The number of aromatic carboxylic acids is 1. The Morgan fingerprint density at radius 2 is 1.98 bits per heavy atom. The van der Waals surface area contributed by atoms with Crippen LogP contribution in [0.4, 0.5) is 5.69 Å². The Morgan fingerprint density at radius 1 is 1.22 bits per heavy atom. The van der Waals surface area contributed by atoms with Gasteiger partial charge in [0.2, 0.25) is 11.8 Å². The Bertz CT molecular complexity index is 1350. The van der Waals surface area contributed by atoms with E-state index in [2.05, 4.69) is 25.7 Å². The Kier molecular flexibility index (Phi) is 9.63. The lowest BCUT2D eigenvalue weighted by molar-refractivity contribution is -0.134. The first kappa shape index (κ1) is 29.6. The highest BCUT2D eigenvalue weighted by molar-refractivity contribution is 5.91. The van der Waals surface area contributed by atoms with Crippen molar-refractivity contribution in [1.82, 2.24) is 30.0 Å². The van der Waals surface area contributed by atoms with E-state index in [4.69, 9.17) is 9.84 Å².